The van der Waals surface area contributed by atoms with E-state index in [2.05, 4.69) is 24.4 Å². The SMILES string of the molecule is COc1ccc(NC(C2CC2)C2CC2)c(C)c1. The lowest BCUT2D eigenvalue weighted by Crippen LogP contribution is -2.24. The van der Waals surface area contributed by atoms with Gasteiger partial charge < -0.3 is 10.1 Å². The molecule has 0 heterocycles. The van der Waals surface area contributed by atoms with Gasteiger partial charge in [-0.3, -0.25) is 0 Å². The third-order valence-corrected chi connectivity index (χ3v) is 4.02. The van der Waals surface area contributed by atoms with E-state index in [-0.39, 0.29) is 0 Å². The Labute approximate surface area is 103 Å². The second kappa shape index (κ2) is 4.25. The minimum absolute atomic E-state index is 0.724. The first-order valence-corrected chi connectivity index (χ1v) is 6.69. The van der Waals surface area contributed by atoms with Gasteiger partial charge in [0.1, 0.15) is 5.75 Å². The Kier molecular flexibility index (Phi) is 2.73. The van der Waals surface area contributed by atoms with Gasteiger partial charge in [0.05, 0.1) is 7.11 Å². The van der Waals surface area contributed by atoms with Crippen LogP contribution in [0.4, 0.5) is 5.69 Å². The molecule has 1 N–H and O–H groups in total. The summed E-state index contributed by atoms with van der Waals surface area (Å²) < 4.78 is 5.25. The second-order valence-corrected chi connectivity index (χ2v) is 5.53. The molecule has 2 aliphatic carbocycles. The highest BCUT2D eigenvalue weighted by molar-refractivity contribution is 5.54. The number of nitrogens with one attached hydrogen (secondary N) is 1. The Morgan fingerprint density at radius 2 is 1.82 bits per heavy atom. The molecule has 0 atom stereocenters. The smallest absolute Gasteiger partial charge is 0.119 e. The molecule has 2 aliphatic rings. The largest absolute Gasteiger partial charge is 0.497 e. The highest BCUT2D eigenvalue weighted by Gasteiger charge is 2.41. The maximum absolute atomic E-state index is 5.25. The topological polar surface area (TPSA) is 21.3 Å². The lowest BCUT2D eigenvalue weighted by molar-refractivity contribution is 0.414. The van der Waals surface area contributed by atoms with Gasteiger partial charge in [0.25, 0.3) is 0 Å². The molecule has 0 aliphatic heterocycles. The van der Waals surface area contributed by atoms with E-state index in [1.54, 1.807) is 7.11 Å². The molecule has 0 saturated heterocycles. The van der Waals surface area contributed by atoms with Crippen LogP contribution in [-0.2, 0) is 0 Å². The molecule has 92 valence electrons. The molecule has 0 spiro atoms. The van der Waals surface area contributed by atoms with Crippen molar-refractivity contribution in [3.8, 4) is 5.75 Å². The first kappa shape index (κ1) is 10.9. The van der Waals surface area contributed by atoms with Crippen LogP contribution in [-0.4, -0.2) is 13.2 Å². The molecule has 2 saturated carbocycles. The van der Waals surface area contributed by atoms with E-state index >= 15 is 0 Å². The summed E-state index contributed by atoms with van der Waals surface area (Å²) in [7, 11) is 1.72. The van der Waals surface area contributed by atoms with Crippen LogP contribution >= 0.6 is 0 Å². The maximum atomic E-state index is 5.25. The number of ether oxygens (including phenoxy) is 1. The molecule has 2 nitrogen and oxygen atoms in total. The summed E-state index contributed by atoms with van der Waals surface area (Å²) in [5.74, 6) is 2.82. The van der Waals surface area contributed by atoms with Gasteiger partial charge in [-0.2, -0.15) is 0 Å². The molecule has 0 amide bonds. The van der Waals surface area contributed by atoms with Crippen LogP contribution in [0.1, 0.15) is 31.2 Å². The number of hydrogen-bond donors (Lipinski definition) is 1. The number of benzene rings is 1. The molecule has 17 heavy (non-hydrogen) atoms. The lowest BCUT2D eigenvalue weighted by Gasteiger charge is -2.20. The van der Waals surface area contributed by atoms with Gasteiger partial charge >= 0.3 is 0 Å². The molecule has 2 heteroatoms. The van der Waals surface area contributed by atoms with E-state index in [1.807, 2.05) is 6.07 Å². The van der Waals surface area contributed by atoms with Crippen LogP contribution in [0.2, 0.25) is 0 Å². The highest BCUT2D eigenvalue weighted by Crippen LogP contribution is 2.46. The molecule has 0 aromatic heterocycles. The van der Waals surface area contributed by atoms with Crippen LogP contribution < -0.4 is 10.1 Å². The van der Waals surface area contributed by atoms with Crippen molar-refractivity contribution in [2.75, 3.05) is 12.4 Å². The van der Waals surface area contributed by atoms with E-state index in [0.717, 1.165) is 23.6 Å². The maximum Gasteiger partial charge on any atom is 0.119 e. The molecule has 2 fully saturated rings. The number of anilines is 1. The van der Waals surface area contributed by atoms with Crippen molar-refractivity contribution in [2.45, 2.75) is 38.6 Å². The van der Waals surface area contributed by atoms with Gasteiger partial charge in [-0.05, 0) is 68.2 Å². The molecule has 0 unspecified atom stereocenters. The minimum Gasteiger partial charge on any atom is -0.497 e. The normalized spacial score (nSPS) is 19.5. The summed E-state index contributed by atoms with van der Waals surface area (Å²) in [4.78, 5) is 0. The number of methoxy groups -OCH3 is 1. The van der Waals surface area contributed by atoms with E-state index < -0.39 is 0 Å². The molecular weight excluding hydrogens is 210 g/mol. The fourth-order valence-corrected chi connectivity index (χ4v) is 2.64. The van der Waals surface area contributed by atoms with Gasteiger partial charge in [0, 0.05) is 11.7 Å². The summed E-state index contributed by atoms with van der Waals surface area (Å²) in [5.41, 5.74) is 2.57. The highest BCUT2D eigenvalue weighted by atomic mass is 16.5. The van der Waals surface area contributed by atoms with Gasteiger partial charge in [0.15, 0.2) is 0 Å². The van der Waals surface area contributed by atoms with Gasteiger partial charge in [-0.15, -0.1) is 0 Å². The minimum atomic E-state index is 0.724. The van der Waals surface area contributed by atoms with Crippen LogP contribution in [0.15, 0.2) is 18.2 Å². The van der Waals surface area contributed by atoms with Crippen molar-refractivity contribution in [3.63, 3.8) is 0 Å². The van der Waals surface area contributed by atoms with Crippen molar-refractivity contribution in [2.24, 2.45) is 11.8 Å². The molecule has 1 aromatic rings. The lowest BCUT2D eigenvalue weighted by atomic mass is 10.1. The zero-order valence-corrected chi connectivity index (χ0v) is 10.7. The Morgan fingerprint density at radius 1 is 1.18 bits per heavy atom. The van der Waals surface area contributed by atoms with Crippen molar-refractivity contribution in [3.05, 3.63) is 23.8 Å². The van der Waals surface area contributed by atoms with E-state index in [9.17, 15) is 0 Å². The summed E-state index contributed by atoms with van der Waals surface area (Å²) in [5, 5.41) is 3.77. The zero-order valence-electron chi connectivity index (χ0n) is 10.7. The van der Waals surface area contributed by atoms with Crippen molar-refractivity contribution in [1.29, 1.82) is 0 Å². The number of aryl methyl sites for hydroxylation is 1. The Morgan fingerprint density at radius 3 is 2.29 bits per heavy atom. The van der Waals surface area contributed by atoms with Crippen molar-refractivity contribution >= 4 is 5.69 Å². The first-order valence-electron chi connectivity index (χ1n) is 6.69. The average molecular weight is 231 g/mol. The zero-order chi connectivity index (χ0) is 11.8. The monoisotopic (exact) mass is 231 g/mol. The summed E-state index contributed by atoms with van der Waals surface area (Å²) in [6, 6.07) is 7.04. The summed E-state index contributed by atoms with van der Waals surface area (Å²) >= 11 is 0. The van der Waals surface area contributed by atoms with Crippen LogP contribution in [0, 0.1) is 18.8 Å². The van der Waals surface area contributed by atoms with Crippen LogP contribution in [0.3, 0.4) is 0 Å². The Hall–Kier alpha value is -1.18. The first-order chi connectivity index (χ1) is 8.28. The Balaban J connectivity index is 1.74. The Bertz CT molecular complexity index is 395. The van der Waals surface area contributed by atoms with Gasteiger partial charge in [0.2, 0.25) is 0 Å². The number of hydrogen-bond acceptors (Lipinski definition) is 2. The fraction of sp³-hybridized carbons (Fsp3) is 0.600. The predicted octanol–water partition coefficient (Wildman–Crippen LogP) is 3.60. The summed E-state index contributed by atoms with van der Waals surface area (Å²) in [6.45, 7) is 2.15. The molecule has 0 radical (unpaired) electrons. The van der Waals surface area contributed by atoms with Crippen LogP contribution in [0.5, 0.6) is 5.75 Å². The standard InChI is InChI=1S/C15H21NO/c1-10-9-13(17-2)7-8-14(10)16-15(11-3-4-11)12-5-6-12/h7-9,11-12,15-16H,3-6H2,1-2H3. The summed E-state index contributed by atoms with van der Waals surface area (Å²) in [6.07, 6.45) is 5.68. The van der Waals surface area contributed by atoms with Crippen molar-refractivity contribution in [1.82, 2.24) is 0 Å². The molecule has 1 aromatic carbocycles. The molecule has 0 bridgehead atoms. The van der Waals surface area contributed by atoms with Gasteiger partial charge in [-0.25, -0.2) is 0 Å². The van der Waals surface area contributed by atoms with Crippen LogP contribution in [0.25, 0.3) is 0 Å². The molecular formula is C15H21NO. The quantitative estimate of drug-likeness (QED) is 0.836. The molecule has 3 rings (SSSR count). The van der Waals surface area contributed by atoms with Gasteiger partial charge in [-0.1, -0.05) is 0 Å². The van der Waals surface area contributed by atoms with E-state index in [0.29, 0.717) is 0 Å². The fourth-order valence-electron chi connectivity index (χ4n) is 2.64. The third kappa shape index (κ3) is 2.41. The average Bonchev–Trinajstić information content (AvgIpc) is 3.18. The van der Waals surface area contributed by atoms with E-state index in [1.165, 1.54) is 36.9 Å². The number of rotatable bonds is 5. The predicted molar refractivity (Wildman–Crippen MR) is 70.6 cm³/mol. The second-order valence-electron chi connectivity index (χ2n) is 5.53. The van der Waals surface area contributed by atoms with Crippen molar-refractivity contribution < 1.29 is 4.74 Å². The third-order valence-electron chi connectivity index (χ3n) is 4.02. The van der Waals surface area contributed by atoms with E-state index in [4.69, 9.17) is 4.74 Å².